The molecular weight excluding hydrogens is 336 g/mol. The molecule has 2 heterocycles. The lowest BCUT2D eigenvalue weighted by atomic mass is 10.0. The van der Waals surface area contributed by atoms with Crippen molar-refractivity contribution in [1.82, 2.24) is 25.0 Å². The van der Waals surface area contributed by atoms with E-state index >= 15 is 0 Å². The number of carbonyl (C=O) groups excluding carboxylic acids is 1. The van der Waals surface area contributed by atoms with Crippen molar-refractivity contribution in [3.05, 3.63) is 42.0 Å². The minimum atomic E-state index is -0.939. The molecule has 1 saturated heterocycles. The number of hydrogen-bond donors (Lipinski definition) is 2. The third kappa shape index (κ3) is 3.49. The molecule has 9 nitrogen and oxygen atoms in total. The van der Waals surface area contributed by atoms with Crippen LogP contribution in [0.15, 0.2) is 30.6 Å². The number of amides is 2. The van der Waals surface area contributed by atoms with Crippen molar-refractivity contribution in [2.75, 3.05) is 13.1 Å². The summed E-state index contributed by atoms with van der Waals surface area (Å²) >= 11 is 0. The van der Waals surface area contributed by atoms with Crippen molar-refractivity contribution in [2.24, 2.45) is 5.92 Å². The van der Waals surface area contributed by atoms with Crippen molar-refractivity contribution in [1.29, 1.82) is 5.26 Å². The zero-order chi connectivity index (χ0) is 18.7. The van der Waals surface area contributed by atoms with E-state index in [4.69, 9.17) is 10.4 Å². The van der Waals surface area contributed by atoms with Crippen LogP contribution in [-0.2, 0) is 0 Å². The molecule has 3 rings (SSSR count). The normalized spacial score (nSPS) is 19.2. The van der Waals surface area contributed by atoms with Crippen LogP contribution in [0.1, 0.15) is 29.5 Å². The van der Waals surface area contributed by atoms with E-state index < -0.39 is 12.0 Å². The van der Waals surface area contributed by atoms with Crippen LogP contribution in [-0.4, -0.2) is 55.9 Å². The smallest absolute Gasteiger partial charge is 0.407 e. The molecule has 0 aliphatic carbocycles. The van der Waals surface area contributed by atoms with Crippen LogP contribution in [0.5, 0.6) is 0 Å². The second-order valence-electron chi connectivity index (χ2n) is 6.15. The van der Waals surface area contributed by atoms with Crippen molar-refractivity contribution in [3.63, 3.8) is 0 Å². The van der Waals surface area contributed by atoms with Crippen molar-refractivity contribution < 1.29 is 14.7 Å². The van der Waals surface area contributed by atoms with Gasteiger partial charge in [-0.2, -0.15) is 5.26 Å². The second-order valence-corrected chi connectivity index (χ2v) is 6.15. The van der Waals surface area contributed by atoms with Gasteiger partial charge in [0.25, 0.3) is 5.91 Å². The summed E-state index contributed by atoms with van der Waals surface area (Å²) in [7, 11) is 0. The molecule has 1 aliphatic rings. The molecule has 1 fully saturated rings. The molecule has 0 radical (unpaired) electrons. The predicted octanol–water partition coefficient (Wildman–Crippen LogP) is 1.26. The number of nitriles is 1. The summed E-state index contributed by atoms with van der Waals surface area (Å²) in [6.07, 6.45) is 1.18. The number of aromatic nitrogens is 3. The van der Waals surface area contributed by atoms with Gasteiger partial charge in [0.1, 0.15) is 6.33 Å². The molecule has 1 aromatic carbocycles. The molecular formula is C17H18N6O3. The van der Waals surface area contributed by atoms with Crippen LogP contribution >= 0.6 is 0 Å². The zero-order valence-corrected chi connectivity index (χ0v) is 14.2. The Bertz CT molecular complexity index is 871. The van der Waals surface area contributed by atoms with Crippen molar-refractivity contribution in [3.8, 4) is 11.8 Å². The Hall–Kier alpha value is -3.41. The molecule has 1 aromatic heterocycles. The summed E-state index contributed by atoms with van der Waals surface area (Å²) in [5.41, 5.74) is 1.12. The summed E-state index contributed by atoms with van der Waals surface area (Å²) in [6.45, 7) is 2.68. The molecule has 2 atom stereocenters. The average molecular weight is 354 g/mol. The number of carboxylic acid groups (broad SMARTS) is 1. The first-order valence-corrected chi connectivity index (χ1v) is 8.19. The lowest BCUT2D eigenvalue weighted by molar-refractivity contribution is 0.0933. The number of benzene rings is 1. The van der Waals surface area contributed by atoms with E-state index in [1.165, 1.54) is 15.9 Å². The maximum Gasteiger partial charge on any atom is 0.407 e. The molecule has 1 aliphatic heterocycles. The standard InChI is InChI=1S/C17H18N6O3/c1-11-13(5-6-22(11)17(25)26)9-19-16(24)15-20-10-23(21-15)14-4-2-3-12(7-14)8-18/h2-4,7,10-11,13H,5-6,9H2,1H3,(H,19,24)(H,25,26)/t11-,13+/m1/s1. The molecule has 26 heavy (non-hydrogen) atoms. The highest BCUT2D eigenvalue weighted by Gasteiger charge is 2.33. The highest BCUT2D eigenvalue weighted by Crippen LogP contribution is 2.23. The van der Waals surface area contributed by atoms with Gasteiger partial charge in [-0.3, -0.25) is 4.79 Å². The summed E-state index contributed by atoms with van der Waals surface area (Å²) in [6, 6.07) is 8.72. The third-order valence-corrected chi connectivity index (χ3v) is 4.62. The van der Waals surface area contributed by atoms with Crippen LogP contribution in [0.2, 0.25) is 0 Å². The number of hydrogen-bond acceptors (Lipinski definition) is 5. The molecule has 134 valence electrons. The van der Waals surface area contributed by atoms with Crippen molar-refractivity contribution >= 4 is 12.0 Å². The Balaban J connectivity index is 1.62. The lowest BCUT2D eigenvalue weighted by Gasteiger charge is -2.21. The molecule has 9 heteroatoms. The minimum Gasteiger partial charge on any atom is -0.465 e. The number of nitrogens with one attached hydrogen (secondary N) is 1. The summed E-state index contributed by atoms with van der Waals surface area (Å²) < 4.78 is 1.43. The molecule has 0 unspecified atom stereocenters. The quantitative estimate of drug-likeness (QED) is 0.852. The SMILES string of the molecule is C[C@@H]1[C@H](CNC(=O)c2ncn(-c3cccc(C#N)c3)n2)CCN1C(=O)O. The molecule has 0 bridgehead atoms. The molecule has 0 spiro atoms. The Morgan fingerprint density at radius 1 is 1.46 bits per heavy atom. The third-order valence-electron chi connectivity index (χ3n) is 4.62. The van der Waals surface area contributed by atoms with Crippen LogP contribution in [0.4, 0.5) is 4.79 Å². The van der Waals surface area contributed by atoms with Gasteiger partial charge in [-0.05, 0) is 37.5 Å². The predicted molar refractivity (Wildman–Crippen MR) is 90.7 cm³/mol. The fourth-order valence-corrected chi connectivity index (χ4v) is 3.06. The van der Waals surface area contributed by atoms with E-state index in [0.29, 0.717) is 30.8 Å². The highest BCUT2D eigenvalue weighted by molar-refractivity contribution is 5.90. The maximum atomic E-state index is 12.3. The van der Waals surface area contributed by atoms with E-state index in [1.54, 1.807) is 24.3 Å². The van der Waals surface area contributed by atoms with Crippen LogP contribution in [0, 0.1) is 17.2 Å². The topological polar surface area (TPSA) is 124 Å². The number of carbonyl (C=O) groups is 2. The van der Waals surface area contributed by atoms with E-state index in [0.717, 1.165) is 0 Å². The molecule has 2 amide bonds. The highest BCUT2D eigenvalue weighted by atomic mass is 16.4. The van der Waals surface area contributed by atoms with Gasteiger partial charge in [0.15, 0.2) is 0 Å². The molecule has 0 saturated carbocycles. The summed E-state index contributed by atoms with van der Waals surface area (Å²) in [5, 5.41) is 25.0. The first-order chi connectivity index (χ1) is 12.5. The first kappa shape index (κ1) is 17.4. The van der Waals surface area contributed by atoms with E-state index in [9.17, 15) is 9.59 Å². The fourth-order valence-electron chi connectivity index (χ4n) is 3.06. The lowest BCUT2D eigenvalue weighted by Crippen LogP contribution is -2.38. The van der Waals surface area contributed by atoms with Gasteiger partial charge >= 0.3 is 6.09 Å². The van der Waals surface area contributed by atoms with Gasteiger partial charge in [-0.15, -0.1) is 5.10 Å². The minimum absolute atomic E-state index is 0.0214. The van der Waals surface area contributed by atoms with Gasteiger partial charge in [0.2, 0.25) is 5.82 Å². The zero-order valence-electron chi connectivity index (χ0n) is 14.2. The Morgan fingerprint density at radius 3 is 2.96 bits per heavy atom. The van der Waals surface area contributed by atoms with E-state index in [-0.39, 0.29) is 17.8 Å². The first-order valence-electron chi connectivity index (χ1n) is 8.19. The number of likely N-dealkylation sites (tertiary alicyclic amines) is 1. The number of nitrogens with zero attached hydrogens (tertiary/aromatic N) is 5. The molecule has 2 N–H and O–H groups in total. The summed E-state index contributed by atoms with van der Waals surface area (Å²) in [4.78, 5) is 28.7. The summed E-state index contributed by atoms with van der Waals surface area (Å²) in [5.74, 6) is -0.335. The van der Waals surface area contributed by atoms with Gasteiger partial charge in [-0.25, -0.2) is 14.5 Å². The Kier molecular flexibility index (Phi) is 4.84. The van der Waals surface area contributed by atoms with Crippen molar-refractivity contribution in [2.45, 2.75) is 19.4 Å². The van der Waals surface area contributed by atoms with Gasteiger partial charge in [0, 0.05) is 19.1 Å². The Labute approximate surface area is 149 Å². The van der Waals surface area contributed by atoms with Gasteiger partial charge in [0.05, 0.1) is 17.3 Å². The van der Waals surface area contributed by atoms with E-state index in [1.807, 2.05) is 13.0 Å². The van der Waals surface area contributed by atoms with Gasteiger partial charge in [-0.1, -0.05) is 6.07 Å². The average Bonchev–Trinajstić information content (AvgIpc) is 3.27. The van der Waals surface area contributed by atoms with Gasteiger partial charge < -0.3 is 15.3 Å². The van der Waals surface area contributed by atoms with Crippen LogP contribution in [0.3, 0.4) is 0 Å². The molecule has 2 aromatic rings. The largest absolute Gasteiger partial charge is 0.465 e. The maximum absolute atomic E-state index is 12.3. The monoisotopic (exact) mass is 354 g/mol. The van der Waals surface area contributed by atoms with E-state index in [2.05, 4.69) is 15.4 Å². The Morgan fingerprint density at radius 2 is 2.27 bits per heavy atom. The van der Waals surface area contributed by atoms with Crippen LogP contribution in [0.25, 0.3) is 5.69 Å². The van der Waals surface area contributed by atoms with Crippen LogP contribution < -0.4 is 5.32 Å². The number of rotatable bonds is 4. The fraction of sp³-hybridized carbons (Fsp3) is 0.353. The second kappa shape index (κ2) is 7.23.